The van der Waals surface area contributed by atoms with Crippen LogP contribution in [-0.4, -0.2) is 64.3 Å². The van der Waals surface area contributed by atoms with Gasteiger partial charge in [0.1, 0.15) is 5.56 Å². The number of nitrogens with zero attached hydrogens (tertiary/aromatic N) is 5. The summed E-state index contributed by atoms with van der Waals surface area (Å²) >= 11 is 0. The van der Waals surface area contributed by atoms with E-state index in [2.05, 4.69) is 10.1 Å². The highest BCUT2D eigenvalue weighted by Crippen LogP contribution is 2.30. The summed E-state index contributed by atoms with van der Waals surface area (Å²) in [6, 6.07) is 5.05. The second-order valence-corrected chi connectivity index (χ2v) is 8.60. The lowest BCUT2D eigenvalue weighted by Gasteiger charge is -2.33. The third kappa shape index (κ3) is 3.63. The van der Waals surface area contributed by atoms with Crippen molar-refractivity contribution >= 4 is 21.6 Å². The van der Waals surface area contributed by atoms with Gasteiger partial charge in [-0.1, -0.05) is 0 Å². The van der Waals surface area contributed by atoms with Gasteiger partial charge in [0.15, 0.2) is 5.65 Å². The average Bonchev–Trinajstić information content (AvgIpc) is 3.17. The number of sulfonamides is 1. The van der Waals surface area contributed by atoms with Crippen LogP contribution in [0.25, 0.3) is 5.65 Å². The molecule has 0 saturated carbocycles. The first kappa shape index (κ1) is 20.3. The van der Waals surface area contributed by atoms with E-state index in [0.29, 0.717) is 11.2 Å². The molecule has 12 heteroatoms. The van der Waals surface area contributed by atoms with Crippen LogP contribution in [0.3, 0.4) is 0 Å². The molecule has 1 amide bonds. The third-order valence-corrected chi connectivity index (χ3v) is 6.77. The van der Waals surface area contributed by atoms with Crippen molar-refractivity contribution in [2.24, 2.45) is 0 Å². The molecule has 8 nitrogen and oxygen atoms in total. The minimum absolute atomic E-state index is 0.0295. The van der Waals surface area contributed by atoms with E-state index in [1.165, 1.54) is 15.6 Å². The van der Waals surface area contributed by atoms with Crippen LogP contribution in [0.15, 0.2) is 53.8 Å². The summed E-state index contributed by atoms with van der Waals surface area (Å²) in [4.78, 5) is 18.2. The van der Waals surface area contributed by atoms with E-state index in [1.54, 1.807) is 18.5 Å². The summed E-state index contributed by atoms with van der Waals surface area (Å²) in [5.74, 6) is -0.310. The van der Waals surface area contributed by atoms with Crippen LogP contribution >= 0.6 is 0 Å². The summed E-state index contributed by atoms with van der Waals surface area (Å²) in [7, 11) is -3.96. The molecule has 0 atom stereocenters. The number of alkyl halides is 3. The Morgan fingerprint density at radius 1 is 1.03 bits per heavy atom. The van der Waals surface area contributed by atoms with E-state index in [0.717, 1.165) is 28.6 Å². The Bertz CT molecular complexity index is 1180. The topological polar surface area (TPSA) is 87.9 Å². The van der Waals surface area contributed by atoms with Crippen LogP contribution in [0, 0.1) is 0 Å². The number of halogens is 3. The highest BCUT2D eigenvalue weighted by atomic mass is 32.2. The van der Waals surface area contributed by atoms with E-state index in [1.807, 2.05) is 0 Å². The molecule has 30 heavy (non-hydrogen) atoms. The first-order valence-corrected chi connectivity index (χ1v) is 10.4. The van der Waals surface area contributed by atoms with Gasteiger partial charge in [-0.25, -0.2) is 17.9 Å². The van der Waals surface area contributed by atoms with Crippen LogP contribution in [0.2, 0.25) is 0 Å². The van der Waals surface area contributed by atoms with Gasteiger partial charge in [0.2, 0.25) is 10.0 Å². The van der Waals surface area contributed by atoms with Gasteiger partial charge in [0.25, 0.3) is 5.91 Å². The van der Waals surface area contributed by atoms with Crippen molar-refractivity contribution in [2.75, 3.05) is 26.2 Å². The number of fused-ring (bicyclic) bond motifs is 1. The number of hydrogen-bond acceptors (Lipinski definition) is 5. The molecule has 0 bridgehead atoms. The van der Waals surface area contributed by atoms with Gasteiger partial charge >= 0.3 is 6.18 Å². The van der Waals surface area contributed by atoms with Crippen LogP contribution in [-0.2, 0) is 16.2 Å². The number of carbonyl (C=O) groups excluding carboxylic acids is 1. The molecule has 0 aliphatic carbocycles. The predicted molar refractivity (Wildman–Crippen MR) is 99.1 cm³/mol. The van der Waals surface area contributed by atoms with Crippen LogP contribution in [0.5, 0.6) is 0 Å². The number of benzene rings is 1. The van der Waals surface area contributed by atoms with Crippen molar-refractivity contribution in [1.82, 2.24) is 23.8 Å². The molecule has 0 N–H and O–H groups in total. The smallest absolute Gasteiger partial charge is 0.336 e. The lowest BCUT2D eigenvalue weighted by atomic mass is 10.2. The SMILES string of the molecule is O=C(c1cnn2cccnc12)N1CCN(S(=O)(=O)c2ccc(C(F)(F)F)cc2)CC1. The number of rotatable bonds is 3. The second-order valence-electron chi connectivity index (χ2n) is 6.66. The molecule has 4 rings (SSSR count). The molecule has 158 valence electrons. The minimum Gasteiger partial charge on any atom is -0.336 e. The number of amides is 1. The molecular weight excluding hydrogens is 423 g/mol. The number of hydrogen-bond donors (Lipinski definition) is 0. The molecule has 0 radical (unpaired) electrons. The normalized spacial score (nSPS) is 16.2. The lowest BCUT2D eigenvalue weighted by Crippen LogP contribution is -2.50. The maximum atomic E-state index is 12.8. The van der Waals surface area contributed by atoms with Crippen molar-refractivity contribution in [1.29, 1.82) is 0 Å². The zero-order valence-electron chi connectivity index (χ0n) is 15.5. The Morgan fingerprint density at radius 3 is 2.33 bits per heavy atom. The zero-order chi connectivity index (χ0) is 21.5. The number of piperazine rings is 1. The average molecular weight is 439 g/mol. The van der Waals surface area contributed by atoms with Gasteiger partial charge in [-0.3, -0.25) is 4.79 Å². The highest BCUT2D eigenvalue weighted by molar-refractivity contribution is 7.89. The van der Waals surface area contributed by atoms with Gasteiger partial charge in [0, 0.05) is 38.6 Å². The van der Waals surface area contributed by atoms with Crippen molar-refractivity contribution in [3.8, 4) is 0 Å². The zero-order valence-corrected chi connectivity index (χ0v) is 16.3. The van der Waals surface area contributed by atoms with E-state index < -0.39 is 21.8 Å². The van der Waals surface area contributed by atoms with Crippen LogP contribution in [0.1, 0.15) is 15.9 Å². The molecule has 3 aromatic rings. The number of aromatic nitrogens is 3. The molecule has 1 aliphatic heterocycles. The van der Waals surface area contributed by atoms with Gasteiger partial charge in [-0.2, -0.15) is 22.6 Å². The minimum atomic E-state index is -4.54. The molecule has 2 aromatic heterocycles. The van der Waals surface area contributed by atoms with E-state index >= 15 is 0 Å². The van der Waals surface area contributed by atoms with Crippen molar-refractivity contribution in [3.05, 3.63) is 60.0 Å². The fourth-order valence-corrected chi connectivity index (χ4v) is 4.67. The first-order valence-electron chi connectivity index (χ1n) is 8.93. The predicted octanol–water partition coefficient (Wildman–Crippen LogP) is 1.89. The first-order chi connectivity index (χ1) is 14.2. The molecule has 0 unspecified atom stereocenters. The maximum Gasteiger partial charge on any atom is 0.416 e. The summed E-state index contributed by atoms with van der Waals surface area (Å²) < 4.78 is 66.2. The summed E-state index contributed by atoms with van der Waals surface area (Å²) in [6.07, 6.45) is 0.0767. The Hall–Kier alpha value is -2.99. The van der Waals surface area contributed by atoms with Crippen LogP contribution in [0.4, 0.5) is 13.2 Å². The monoisotopic (exact) mass is 439 g/mol. The van der Waals surface area contributed by atoms with Gasteiger partial charge < -0.3 is 4.90 Å². The van der Waals surface area contributed by atoms with E-state index in [4.69, 9.17) is 0 Å². The molecular formula is C18H16F3N5O3S. The Labute approximate surface area is 169 Å². The molecule has 1 aromatic carbocycles. The van der Waals surface area contributed by atoms with E-state index in [9.17, 15) is 26.4 Å². The van der Waals surface area contributed by atoms with Crippen molar-refractivity contribution in [2.45, 2.75) is 11.1 Å². The quantitative estimate of drug-likeness (QED) is 0.622. The van der Waals surface area contributed by atoms with Crippen LogP contribution < -0.4 is 0 Å². The van der Waals surface area contributed by atoms with Crippen molar-refractivity contribution in [3.63, 3.8) is 0 Å². The summed E-state index contributed by atoms with van der Waals surface area (Å²) in [5.41, 5.74) is -0.198. The molecule has 1 aliphatic rings. The van der Waals surface area contributed by atoms with Gasteiger partial charge in [0.05, 0.1) is 16.7 Å². The number of carbonyl (C=O) groups is 1. The maximum absolute atomic E-state index is 12.8. The van der Waals surface area contributed by atoms with Crippen molar-refractivity contribution < 1.29 is 26.4 Å². The fourth-order valence-electron chi connectivity index (χ4n) is 3.24. The molecule has 3 heterocycles. The second kappa shape index (κ2) is 7.36. The van der Waals surface area contributed by atoms with Gasteiger partial charge in [-0.15, -0.1) is 0 Å². The Balaban J connectivity index is 1.46. The third-order valence-electron chi connectivity index (χ3n) is 4.85. The Kier molecular flexibility index (Phi) is 4.98. The summed E-state index contributed by atoms with van der Waals surface area (Å²) in [6.45, 7) is 0.342. The van der Waals surface area contributed by atoms with Gasteiger partial charge in [-0.05, 0) is 30.3 Å². The standard InChI is InChI=1S/C18H16F3N5O3S/c19-18(20,21)13-2-4-14(5-3-13)30(28,29)25-10-8-24(9-11-25)17(27)15-12-23-26-7-1-6-22-16(15)26/h1-7,12H,8-11H2. The molecule has 1 saturated heterocycles. The lowest BCUT2D eigenvalue weighted by molar-refractivity contribution is -0.137. The fraction of sp³-hybridized carbons (Fsp3) is 0.278. The molecule has 1 fully saturated rings. The summed E-state index contributed by atoms with van der Waals surface area (Å²) in [5, 5.41) is 4.07. The van der Waals surface area contributed by atoms with E-state index in [-0.39, 0.29) is 37.0 Å². The Morgan fingerprint density at radius 2 is 1.70 bits per heavy atom. The molecule has 0 spiro atoms. The largest absolute Gasteiger partial charge is 0.416 e. The highest BCUT2D eigenvalue weighted by Gasteiger charge is 2.33.